The quantitative estimate of drug-likeness (QED) is 0.540. The number of hydrogen-bond donors (Lipinski definition) is 2. The number of nitrogens with one attached hydrogen (secondary N) is 1. The van der Waals surface area contributed by atoms with Crippen LogP contribution in [0.1, 0.15) is 40.2 Å². The lowest BCUT2D eigenvalue weighted by Gasteiger charge is -2.32. The minimum absolute atomic E-state index is 0.197. The van der Waals surface area contributed by atoms with Gasteiger partial charge in [0.25, 0.3) is 0 Å². The van der Waals surface area contributed by atoms with Crippen LogP contribution in [0.2, 0.25) is 0 Å². The average molecular weight is 466 g/mol. The van der Waals surface area contributed by atoms with Gasteiger partial charge in [-0.15, -0.1) is 0 Å². The Morgan fingerprint density at radius 2 is 1.58 bits per heavy atom. The summed E-state index contributed by atoms with van der Waals surface area (Å²) < 4.78 is 10.7. The van der Waals surface area contributed by atoms with E-state index in [2.05, 4.69) is 5.32 Å². The van der Waals surface area contributed by atoms with Crippen molar-refractivity contribution in [1.29, 1.82) is 0 Å². The smallest absolute Gasteiger partial charge is 0.410 e. The maximum absolute atomic E-state index is 12.8. The largest absolute Gasteiger partial charge is 0.480 e. The summed E-state index contributed by atoms with van der Waals surface area (Å²) in [7, 11) is 2.84. The van der Waals surface area contributed by atoms with Crippen LogP contribution < -0.4 is 5.32 Å². The highest BCUT2D eigenvalue weighted by atomic mass is 16.6. The molecule has 1 rings (SSSR count). The molecule has 33 heavy (non-hydrogen) atoms. The lowest BCUT2D eigenvalue weighted by Crippen LogP contribution is -2.55. The summed E-state index contributed by atoms with van der Waals surface area (Å²) in [6, 6.07) is 6.05. The molecule has 2 N–H and O–H groups in total. The lowest BCUT2D eigenvalue weighted by atomic mass is 10.2. The van der Waals surface area contributed by atoms with Crippen molar-refractivity contribution in [3.05, 3.63) is 35.9 Å². The highest BCUT2D eigenvalue weighted by Crippen LogP contribution is 2.12. The van der Waals surface area contributed by atoms with Gasteiger partial charge in [-0.25, -0.2) is 9.59 Å². The highest BCUT2D eigenvalue weighted by Gasteiger charge is 2.33. The molecule has 0 fully saturated rings. The molecule has 1 aromatic carbocycles. The number of benzene rings is 1. The number of hydrogen-bond acceptors (Lipinski definition) is 6. The van der Waals surface area contributed by atoms with Crippen LogP contribution in [0.4, 0.5) is 4.79 Å². The van der Waals surface area contributed by atoms with Crippen molar-refractivity contribution in [2.24, 2.45) is 0 Å². The second-order valence-electron chi connectivity index (χ2n) is 8.79. The number of carboxylic acids is 1. The third kappa shape index (κ3) is 9.09. The minimum Gasteiger partial charge on any atom is -0.480 e. The Hall–Kier alpha value is -3.14. The molecule has 3 atom stereocenters. The zero-order chi connectivity index (χ0) is 25.3. The molecule has 0 unspecified atom stereocenters. The number of carbonyl (C=O) groups is 4. The number of carboxylic acid groups (broad SMARTS) is 1. The summed E-state index contributed by atoms with van der Waals surface area (Å²) in [5, 5.41) is 11.8. The standard InChI is InChI=1S/C23H35N3O7/c1-15(25(6)20(28)16(2)26(7)22(31)33-23(3,4)5)19(27)24-18(21(29)30)14-32-13-17-11-9-8-10-12-17/h8-12,15-16,18H,13-14H2,1-7H3,(H,24,27)(H,29,30)/t15-,16+,18-/m1/s1. The van der Waals surface area contributed by atoms with Gasteiger partial charge in [-0.05, 0) is 40.2 Å². The molecule has 184 valence electrons. The second-order valence-corrected chi connectivity index (χ2v) is 8.79. The van der Waals surface area contributed by atoms with Crippen LogP contribution in [0.15, 0.2) is 30.3 Å². The number of aliphatic carboxylic acids is 1. The third-order valence-electron chi connectivity index (χ3n) is 4.94. The van der Waals surface area contributed by atoms with E-state index in [1.807, 2.05) is 30.3 Å². The summed E-state index contributed by atoms with van der Waals surface area (Å²) in [6.07, 6.45) is -0.671. The zero-order valence-electron chi connectivity index (χ0n) is 20.3. The van der Waals surface area contributed by atoms with Gasteiger partial charge < -0.3 is 24.8 Å². The molecule has 0 radical (unpaired) electrons. The van der Waals surface area contributed by atoms with Crippen molar-refractivity contribution in [3.63, 3.8) is 0 Å². The Balaban J connectivity index is 2.68. The fourth-order valence-electron chi connectivity index (χ4n) is 2.66. The molecule has 0 spiro atoms. The van der Waals surface area contributed by atoms with Crippen molar-refractivity contribution < 1.29 is 33.8 Å². The van der Waals surface area contributed by atoms with Gasteiger partial charge in [-0.2, -0.15) is 0 Å². The molecular formula is C23H35N3O7. The Morgan fingerprint density at radius 3 is 2.09 bits per heavy atom. The number of ether oxygens (including phenoxy) is 2. The summed E-state index contributed by atoms with van der Waals surface area (Å²) in [4.78, 5) is 51.5. The van der Waals surface area contributed by atoms with Crippen molar-refractivity contribution >= 4 is 23.9 Å². The normalized spacial score (nSPS) is 13.9. The van der Waals surface area contributed by atoms with Crippen LogP contribution >= 0.6 is 0 Å². The molecule has 0 saturated carbocycles. The van der Waals surface area contributed by atoms with Gasteiger partial charge in [0.1, 0.15) is 17.7 Å². The predicted molar refractivity (Wildman–Crippen MR) is 121 cm³/mol. The Bertz CT molecular complexity index is 823. The maximum atomic E-state index is 12.8. The van der Waals surface area contributed by atoms with Crippen LogP contribution in [0.25, 0.3) is 0 Å². The Morgan fingerprint density at radius 1 is 1.00 bits per heavy atom. The molecule has 0 aliphatic rings. The molecule has 0 saturated heterocycles. The van der Waals surface area contributed by atoms with Crippen molar-refractivity contribution in [2.45, 2.75) is 65.0 Å². The Labute approximate surface area is 194 Å². The number of amides is 3. The van der Waals surface area contributed by atoms with E-state index >= 15 is 0 Å². The topological polar surface area (TPSA) is 125 Å². The van der Waals surface area contributed by atoms with Gasteiger partial charge in [0, 0.05) is 14.1 Å². The van der Waals surface area contributed by atoms with Crippen LogP contribution in [0, 0.1) is 0 Å². The molecule has 1 aromatic rings. The first-order chi connectivity index (χ1) is 15.2. The van der Waals surface area contributed by atoms with Gasteiger partial charge >= 0.3 is 12.1 Å². The first kappa shape index (κ1) is 27.9. The number of rotatable bonds is 10. The highest BCUT2D eigenvalue weighted by molar-refractivity contribution is 5.92. The maximum Gasteiger partial charge on any atom is 0.410 e. The van der Waals surface area contributed by atoms with E-state index in [4.69, 9.17) is 9.47 Å². The summed E-state index contributed by atoms with van der Waals surface area (Å²) in [5.41, 5.74) is 0.150. The SMILES string of the molecule is C[C@H](C(=O)N[C@H](COCc1ccccc1)C(=O)O)N(C)C(=O)[C@H](C)N(C)C(=O)OC(C)(C)C. The molecular weight excluding hydrogens is 430 g/mol. The third-order valence-corrected chi connectivity index (χ3v) is 4.94. The number of likely N-dealkylation sites (N-methyl/N-ethyl adjacent to an activating group) is 2. The molecule has 0 heterocycles. The minimum atomic E-state index is -1.28. The van der Waals surface area contributed by atoms with E-state index in [1.165, 1.54) is 27.9 Å². The molecule has 0 aromatic heterocycles. The van der Waals surface area contributed by atoms with E-state index in [9.17, 15) is 24.3 Å². The van der Waals surface area contributed by atoms with E-state index in [-0.39, 0.29) is 13.2 Å². The van der Waals surface area contributed by atoms with E-state index in [1.54, 1.807) is 20.8 Å². The summed E-state index contributed by atoms with van der Waals surface area (Å²) >= 11 is 0. The molecule has 0 aliphatic carbocycles. The molecule has 10 heteroatoms. The van der Waals surface area contributed by atoms with Crippen molar-refractivity contribution in [3.8, 4) is 0 Å². The van der Waals surface area contributed by atoms with Gasteiger partial charge in [-0.3, -0.25) is 14.5 Å². The zero-order valence-corrected chi connectivity index (χ0v) is 20.3. The summed E-state index contributed by atoms with van der Waals surface area (Å²) in [6.45, 7) is 8.09. The van der Waals surface area contributed by atoms with Crippen LogP contribution in [0.3, 0.4) is 0 Å². The van der Waals surface area contributed by atoms with Crippen LogP contribution in [-0.4, -0.2) is 83.2 Å². The van der Waals surface area contributed by atoms with Crippen molar-refractivity contribution in [2.75, 3.05) is 20.7 Å². The van der Waals surface area contributed by atoms with Gasteiger partial charge in [0.15, 0.2) is 6.04 Å². The van der Waals surface area contributed by atoms with E-state index < -0.39 is 47.6 Å². The fraction of sp³-hybridized carbons (Fsp3) is 0.565. The molecule has 0 bridgehead atoms. The van der Waals surface area contributed by atoms with E-state index in [0.717, 1.165) is 15.4 Å². The number of nitrogens with zero attached hydrogens (tertiary/aromatic N) is 2. The van der Waals surface area contributed by atoms with Gasteiger partial charge in [0.05, 0.1) is 13.2 Å². The molecule has 3 amide bonds. The van der Waals surface area contributed by atoms with Gasteiger partial charge in [-0.1, -0.05) is 30.3 Å². The van der Waals surface area contributed by atoms with Crippen molar-refractivity contribution in [1.82, 2.24) is 15.1 Å². The van der Waals surface area contributed by atoms with Crippen LogP contribution in [0.5, 0.6) is 0 Å². The molecule has 10 nitrogen and oxygen atoms in total. The first-order valence-electron chi connectivity index (χ1n) is 10.6. The lowest BCUT2D eigenvalue weighted by molar-refractivity contribution is -0.146. The average Bonchev–Trinajstić information content (AvgIpc) is 2.75. The Kier molecular flexibility index (Phi) is 10.3. The first-order valence-corrected chi connectivity index (χ1v) is 10.6. The molecule has 0 aliphatic heterocycles. The monoisotopic (exact) mass is 465 g/mol. The number of carbonyl (C=O) groups excluding carboxylic acids is 3. The second kappa shape index (κ2) is 12.2. The predicted octanol–water partition coefficient (Wildman–Crippen LogP) is 1.87. The fourth-order valence-corrected chi connectivity index (χ4v) is 2.66. The van der Waals surface area contributed by atoms with E-state index in [0.29, 0.717) is 0 Å². The van der Waals surface area contributed by atoms with Crippen LogP contribution in [-0.2, 0) is 30.5 Å². The van der Waals surface area contributed by atoms with Gasteiger partial charge in [0.2, 0.25) is 11.8 Å². The summed E-state index contributed by atoms with van der Waals surface area (Å²) in [5.74, 6) is -2.41.